The van der Waals surface area contributed by atoms with Crippen LogP contribution in [0.15, 0.2) is 16.6 Å². The Hall–Kier alpha value is -0.210. The predicted octanol–water partition coefficient (Wildman–Crippen LogP) is 5.09. The van der Waals surface area contributed by atoms with Gasteiger partial charge in [-0.1, -0.05) is 36.2 Å². The largest absolute Gasteiger partial charge is 0.496 e. The molecular formula is C13H18BrClO. The van der Waals surface area contributed by atoms with Gasteiger partial charge in [0.15, 0.2) is 0 Å². The van der Waals surface area contributed by atoms with Crippen LogP contribution in [0.5, 0.6) is 5.75 Å². The maximum absolute atomic E-state index is 6.46. The lowest BCUT2D eigenvalue weighted by Gasteiger charge is -2.20. The molecule has 0 fully saturated rings. The lowest BCUT2D eigenvalue weighted by atomic mass is 9.96. The van der Waals surface area contributed by atoms with Crippen LogP contribution in [0.3, 0.4) is 0 Å². The molecular weight excluding hydrogens is 287 g/mol. The highest BCUT2D eigenvalue weighted by Crippen LogP contribution is 2.39. The summed E-state index contributed by atoms with van der Waals surface area (Å²) in [6.07, 6.45) is 1.06. The SMILES string of the molecule is CCC(C)C(Cl)c1cc(Br)c(C)cc1OC. The quantitative estimate of drug-likeness (QED) is 0.704. The van der Waals surface area contributed by atoms with Crippen molar-refractivity contribution in [1.82, 2.24) is 0 Å². The van der Waals surface area contributed by atoms with E-state index in [2.05, 4.69) is 35.8 Å². The molecule has 0 saturated heterocycles. The van der Waals surface area contributed by atoms with Crippen LogP contribution in [0.25, 0.3) is 0 Å². The van der Waals surface area contributed by atoms with E-state index in [4.69, 9.17) is 16.3 Å². The van der Waals surface area contributed by atoms with Crippen molar-refractivity contribution in [2.75, 3.05) is 7.11 Å². The molecule has 0 saturated carbocycles. The molecule has 2 unspecified atom stereocenters. The molecule has 1 rings (SSSR count). The maximum Gasteiger partial charge on any atom is 0.123 e. The lowest BCUT2D eigenvalue weighted by molar-refractivity contribution is 0.402. The van der Waals surface area contributed by atoms with E-state index in [0.717, 1.165) is 27.8 Å². The van der Waals surface area contributed by atoms with E-state index in [1.165, 1.54) is 0 Å². The Morgan fingerprint density at radius 3 is 2.56 bits per heavy atom. The number of benzene rings is 1. The van der Waals surface area contributed by atoms with Crippen LogP contribution in [-0.2, 0) is 0 Å². The van der Waals surface area contributed by atoms with Gasteiger partial charge >= 0.3 is 0 Å². The smallest absolute Gasteiger partial charge is 0.123 e. The number of alkyl halides is 1. The first-order valence-corrected chi connectivity index (χ1v) is 6.72. The Bertz CT molecular complexity index is 365. The van der Waals surface area contributed by atoms with E-state index in [1.54, 1.807) is 7.11 Å². The predicted molar refractivity (Wildman–Crippen MR) is 73.5 cm³/mol. The number of aryl methyl sites for hydroxylation is 1. The van der Waals surface area contributed by atoms with Crippen LogP contribution < -0.4 is 4.74 Å². The van der Waals surface area contributed by atoms with E-state index < -0.39 is 0 Å². The molecule has 0 aliphatic rings. The van der Waals surface area contributed by atoms with Gasteiger partial charge in [-0.05, 0) is 30.5 Å². The van der Waals surface area contributed by atoms with Crippen LogP contribution >= 0.6 is 27.5 Å². The number of hydrogen-bond donors (Lipinski definition) is 0. The highest BCUT2D eigenvalue weighted by Gasteiger charge is 2.20. The molecule has 1 nitrogen and oxygen atoms in total. The van der Waals surface area contributed by atoms with Crippen molar-refractivity contribution in [2.24, 2.45) is 5.92 Å². The third-order valence-corrected chi connectivity index (χ3v) is 4.47. The Morgan fingerprint density at radius 2 is 2.06 bits per heavy atom. The summed E-state index contributed by atoms with van der Waals surface area (Å²) >= 11 is 10.00. The molecule has 2 atom stereocenters. The molecule has 3 heteroatoms. The van der Waals surface area contributed by atoms with Gasteiger partial charge < -0.3 is 4.74 Å². The van der Waals surface area contributed by atoms with E-state index >= 15 is 0 Å². The molecule has 1 aromatic carbocycles. The number of halogens is 2. The monoisotopic (exact) mass is 304 g/mol. The van der Waals surface area contributed by atoms with Gasteiger partial charge in [-0.25, -0.2) is 0 Å². The molecule has 0 aromatic heterocycles. The molecule has 0 N–H and O–H groups in total. The number of rotatable bonds is 4. The van der Waals surface area contributed by atoms with Gasteiger partial charge in [-0.15, -0.1) is 11.6 Å². The van der Waals surface area contributed by atoms with E-state index in [-0.39, 0.29) is 5.38 Å². The average molecular weight is 306 g/mol. The first kappa shape index (κ1) is 13.9. The van der Waals surface area contributed by atoms with Crippen LogP contribution in [0, 0.1) is 12.8 Å². The summed E-state index contributed by atoms with van der Waals surface area (Å²) < 4.78 is 6.47. The summed E-state index contributed by atoms with van der Waals surface area (Å²) in [4.78, 5) is 0. The molecule has 0 amide bonds. The Labute approximate surface area is 111 Å². The van der Waals surface area contributed by atoms with Gasteiger partial charge in [-0.3, -0.25) is 0 Å². The van der Waals surface area contributed by atoms with Crippen molar-refractivity contribution < 1.29 is 4.74 Å². The normalized spacial score (nSPS) is 14.6. The summed E-state index contributed by atoms with van der Waals surface area (Å²) in [5, 5.41) is -0.00292. The van der Waals surface area contributed by atoms with Gasteiger partial charge in [0.05, 0.1) is 12.5 Å². The zero-order valence-corrected chi connectivity index (χ0v) is 12.5. The minimum Gasteiger partial charge on any atom is -0.496 e. The first-order valence-electron chi connectivity index (χ1n) is 5.49. The van der Waals surface area contributed by atoms with Crippen LogP contribution in [-0.4, -0.2) is 7.11 Å². The molecule has 0 aliphatic heterocycles. The van der Waals surface area contributed by atoms with E-state index in [1.807, 2.05) is 13.0 Å². The van der Waals surface area contributed by atoms with E-state index in [9.17, 15) is 0 Å². The van der Waals surface area contributed by atoms with Crippen molar-refractivity contribution >= 4 is 27.5 Å². The zero-order chi connectivity index (χ0) is 12.3. The van der Waals surface area contributed by atoms with Crippen molar-refractivity contribution in [3.05, 3.63) is 27.7 Å². The second-order valence-electron chi connectivity index (χ2n) is 4.13. The van der Waals surface area contributed by atoms with Gasteiger partial charge in [0, 0.05) is 10.0 Å². The van der Waals surface area contributed by atoms with Gasteiger partial charge in [0.2, 0.25) is 0 Å². The zero-order valence-electron chi connectivity index (χ0n) is 10.2. The molecule has 0 aliphatic carbocycles. The summed E-state index contributed by atoms with van der Waals surface area (Å²) in [5.74, 6) is 1.31. The molecule has 0 heterocycles. The summed E-state index contributed by atoms with van der Waals surface area (Å²) in [6.45, 7) is 6.35. The van der Waals surface area contributed by atoms with Crippen molar-refractivity contribution in [1.29, 1.82) is 0 Å². The van der Waals surface area contributed by atoms with Gasteiger partial charge in [0.1, 0.15) is 5.75 Å². The lowest BCUT2D eigenvalue weighted by Crippen LogP contribution is -2.05. The molecule has 90 valence electrons. The second-order valence-corrected chi connectivity index (χ2v) is 5.46. The Kier molecular flexibility index (Phi) is 5.13. The molecule has 0 bridgehead atoms. The standard InChI is InChI=1S/C13H18BrClO/c1-5-8(2)13(15)10-7-11(14)9(3)6-12(10)16-4/h6-8,13H,5H2,1-4H3. The second kappa shape index (κ2) is 5.92. The average Bonchev–Trinajstić information content (AvgIpc) is 2.30. The maximum atomic E-state index is 6.46. The topological polar surface area (TPSA) is 9.23 Å². The fourth-order valence-corrected chi connectivity index (χ4v) is 2.29. The van der Waals surface area contributed by atoms with E-state index in [0.29, 0.717) is 5.92 Å². The molecule has 16 heavy (non-hydrogen) atoms. The van der Waals surface area contributed by atoms with Gasteiger partial charge in [0.25, 0.3) is 0 Å². The van der Waals surface area contributed by atoms with Gasteiger partial charge in [-0.2, -0.15) is 0 Å². The third kappa shape index (κ3) is 2.92. The van der Waals surface area contributed by atoms with Crippen molar-refractivity contribution in [3.8, 4) is 5.75 Å². The molecule has 0 spiro atoms. The highest BCUT2D eigenvalue weighted by atomic mass is 79.9. The summed E-state index contributed by atoms with van der Waals surface area (Å²) in [7, 11) is 1.69. The Morgan fingerprint density at radius 1 is 1.44 bits per heavy atom. The minimum absolute atomic E-state index is 0.00292. The Balaban J connectivity index is 3.16. The van der Waals surface area contributed by atoms with Crippen LogP contribution in [0.2, 0.25) is 0 Å². The third-order valence-electron chi connectivity index (χ3n) is 2.95. The first-order chi connectivity index (χ1) is 7.51. The fourth-order valence-electron chi connectivity index (χ4n) is 1.58. The van der Waals surface area contributed by atoms with Crippen molar-refractivity contribution in [3.63, 3.8) is 0 Å². The van der Waals surface area contributed by atoms with Crippen LogP contribution in [0.1, 0.15) is 36.8 Å². The van der Waals surface area contributed by atoms with Crippen LogP contribution in [0.4, 0.5) is 0 Å². The minimum atomic E-state index is -0.00292. The molecule has 0 radical (unpaired) electrons. The highest BCUT2D eigenvalue weighted by molar-refractivity contribution is 9.10. The van der Waals surface area contributed by atoms with Crippen molar-refractivity contribution in [2.45, 2.75) is 32.6 Å². The number of ether oxygens (including phenoxy) is 1. The number of hydrogen-bond acceptors (Lipinski definition) is 1. The fraction of sp³-hybridized carbons (Fsp3) is 0.538. The number of methoxy groups -OCH3 is 1. The molecule has 1 aromatic rings. The summed E-state index contributed by atoms with van der Waals surface area (Å²) in [5.41, 5.74) is 2.23. The summed E-state index contributed by atoms with van der Waals surface area (Å²) in [6, 6.07) is 4.09.